The van der Waals surface area contributed by atoms with Crippen molar-refractivity contribution in [3.8, 4) is 11.5 Å². The summed E-state index contributed by atoms with van der Waals surface area (Å²) in [6.07, 6.45) is -0.0276. The predicted octanol–water partition coefficient (Wildman–Crippen LogP) is 5.00. The van der Waals surface area contributed by atoms with Crippen LogP contribution in [0.2, 0.25) is 0 Å². The van der Waals surface area contributed by atoms with Gasteiger partial charge in [-0.3, -0.25) is 14.5 Å². The number of ether oxygens (including phenoxy) is 1. The van der Waals surface area contributed by atoms with E-state index in [4.69, 9.17) is 4.74 Å². The second-order valence-electron chi connectivity index (χ2n) is 7.64. The van der Waals surface area contributed by atoms with E-state index >= 15 is 0 Å². The van der Waals surface area contributed by atoms with Gasteiger partial charge in [0, 0.05) is 55.4 Å². The normalized spacial score (nSPS) is 11.2. The molecule has 180 valence electrons. The largest absolute Gasteiger partial charge is 0.457 e. The van der Waals surface area contributed by atoms with Gasteiger partial charge in [0.05, 0.1) is 0 Å². The maximum Gasteiger partial charge on any atom is 0.433 e. The third-order valence-electron chi connectivity index (χ3n) is 5.03. The number of hydrogen-bond acceptors (Lipinski definition) is 6. The summed E-state index contributed by atoms with van der Waals surface area (Å²) in [7, 11) is 1.81. The van der Waals surface area contributed by atoms with Crippen LogP contribution in [0.3, 0.4) is 0 Å². The number of alkyl halides is 3. The topological polar surface area (TPSA) is 94.0 Å². The number of rotatable bonds is 7. The first kappa shape index (κ1) is 23.7. The molecule has 0 spiro atoms. The Balaban J connectivity index is 1.43. The van der Waals surface area contributed by atoms with Crippen LogP contribution in [-0.2, 0) is 19.8 Å². The highest BCUT2D eigenvalue weighted by molar-refractivity contribution is 5.96. The number of aryl methyl sites for hydroxylation is 1. The van der Waals surface area contributed by atoms with E-state index in [1.54, 1.807) is 54.3 Å². The van der Waals surface area contributed by atoms with Crippen LogP contribution in [0.5, 0.6) is 11.5 Å². The molecule has 0 saturated heterocycles. The van der Waals surface area contributed by atoms with Crippen molar-refractivity contribution >= 4 is 17.5 Å². The first-order chi connectivity index (χ1) is 16.7. The second kappa shape index (κ2) is 9.84. The third kappa shape index (κ3) is 5.94. The van der Waals surface area contributed by atoms with Crippen LogP contribution in [0.25, 0.3) is 0 Å². The van der Waals surface area contributed by atoms with Crippen LogP contribution in [0.1, 0.15) is 27.2 Å². The van der Waals surface area contributed by atoms with Crippen molar-refractivity contribution in [1.82, 2.24) is 25.1 Å². The summed E-state index contributed by atoms with van der Waals surface area (Å²) in [6.45, 7) is 1.78. The van der Waals surface area contributed by atoms with E-state index in [1.165, 1.54) is 6.07 Å². The number of nitrogens with one attached hydrogen (secondary N) is 2. The van der Waals surface area contributed by atoms with E-state index in [9.17, 15) is 18.0 Å². The van der Waals surface area contributed by atoms with E-state index in [0.29, 0.717) is 39.8 Å². The molecule has 4 rings (SSSR count). The summed E-state index contributed by atoms with van der Waals surface area (Å²) in [6, 6.07) is 12.4. The predicted molar refractivity (Wildman–Crippen MR) is 122 cm³/mol. The molecule has 0 fully saturated rings. The van der Waals surface area contributed by atoms with Crippen molar-refractivity contribution in [2.24, 2.45) is 7.05 Å². The fraction of sp³-hybridized carbons (Fsp3) is 0.167. The van der Waals surface area contributed by atoms with Crippen molar-refractivity contribution in [1.29, 1.82) is 0 Å². The molecule has 0 atom stereocenters. The number of benzene rings is 1. The lowest BCUT2D eigenvalue weighted by molar-refractivity contribution is -0.141. The number of pyridine rings is 2. The molecule has 0 aliphatic rings. The first-order valence-electron chi connectivity index (χ1n) is 10.5. The van der Waals surface area contributed by atoms with Crippen molar-refractivity contribution < 1.29 is 22.7 Å². The van der Waals surface area contributed by atoms with Crippen LogP contribution >= 0.6 is 0 Å². The van der Waals surface area contributed by atoms with E-state index < -0.39 is 11.9 Å². The molecule has 0 unspecified atom stereocenters. The van der Waals surface area contributed by atoms with Gasteiger partial charge in [0.1, 0.15) is 23.0 Å². The van der Waals surface area contributed by atoms with Crippen LogP contribution in [0.4, 0.5) is 24.8 Å². The van der Waals surface area contributed by atoms with Crippen LogP contribution in [0, 0.1) is 6.92 Å². The van der Waals surface area contributed by atoms with Gasteiger partial charge in [-0.15, -0.1) is 0 Å². The zero-order valence-corrected chi connectivity index (χ0v) is 18.8. The van der Waals surface area contributed by atoms with Gasteiger partial charge < -0.3 is 15.4 Å². The Kier molecular flexibility index (Phi) is 6.67. The van der Waals surface area contributed by atoms with E-state index in [0.717, 1.165) is 12.3 Å². The molecule has 0 aliphatic heterocycles. The molecule has 0 bridgehead atoms. The second-order valence-corrected chi connectivity index (χ2v) is 7.64. The Labute approximate surface area is 198 Å². The summed E-state index contributed by atoms with van der Waals surface area (Å²) in [5.41, 5.74) is 0.443. The minimum atomic E-state index is -4.51. The molecule has 3 aromatic heterocycles. The quantitative estimate of drug-likeness (QED) is 0.385. The van der Waals surface area contributed by atoms with Crippen molar-refractivity contribution in [3.63, 3.8) is 0 Å². The summed E-state index contributed by atoms with van der Waals surface area (Å²) >= 11 is 0. The van der Waals surface area contributed by atoms with Gasteiger partial charge in [0.25, 0.3) is 5.91 Å². The monoisotopic (exact) mass is 482 g/mol. The number of carbonyl (C=O) groups is 1. The average molecular weight is 482 g/mol. The van der Waals surface area contributed by atoms with Crippen molar-refractivity contribution in [3.05, 3.63) is 89.5 Å². The molecule has 0 aliphatic carbocycles. The smallest absolute Gasteiger partial charge is 0.433 e. The van der Waals surface area contributed by atoms with Gasteiger partial charge in [-0.2, -0.15) is 18.3 Å². The maximum absolute atomic E-state index is 12.7. The standard InChI is InChI=1S/C24H21F3N6O2/c1-15-18(23(34)30-14-16-6-7-20(29-13-16)24(25,26)27)4-3-5-19(15)35-17-8-10-28-22(12-17)31-21-9-11-33(2)32-21/h3-13H,14H2,1-2H3,(H,30,34)(H,28,31,32). The third-order valence-corrected chi connectivity index (χ3v) is 5.03. The molecule has 3 heterocycles. The number of amides is 1. The summed E-state index contributed by atoms with van der Waals surface area (Å²) in [5, 5.41) is 10.0. The Morgan fingerprint density at radius 3 is 2.60 bits per heavy atom. The van der Waals surface area contributed by atoms with E-state index in [2.05, 4.69) is 25.7 Å². The van der Waals surface area contributed by atoms with Gasteiger partial charge >= 0.3 is 6.18 Å². The first-order valence-corrected chi connectivity index (χ1v) is 10.5. The van der Waals surface area contributed by atoms with E-state index in [1.807, 2.05) is 13.1 Å². The van der Waals surface area contributed by atoms with Crippen LogP contribution in [0.15, 0.2) is 67.1 Å². The summed E-state index contributed by atoms with van der Waals surface area (Å²) in [4.78, 5) is 20.4. The molecular weight excluding hydrogens is 461 g/mol. The Bertz CT molecular complexity index is 1340. The number of nitrogens with zero attached hydrogens (tertiary/aromatic N) is 4. The minimum absolute atomic E-state index is 0.0292. The van der Waals surface area contributed by atoms with Crippen molar-refractivity contribution in [2.45, 2.75) is 19.6 Å². The maximum atomic E-state index is 12.7. The zero-order chi connectivity index (χ0) is 25.0. The highest BCUT2D eigenvalue weighted by atomic mass is 19.4. The molecule has 11 heteroatoms. The van der Waals surface area contributed by atoms with Crippen LogP contribution in [-0.4, -0.2) is 25.7 Å². The van der Waals surface area contributed by atoms with Gasteiger partial charge in [0.15, 0.2) is 5.82 Å². The number of aromatic nitrogens is 4. The number of anilines is 2. The number of carbonyl (C=O) groups excluding carboxylic acids is 1. The fourth-order valence-corrected chi connectivity index (χ4v) is 3.23. The SMILES string of the molecule is Cc1c(Oc2ccnc(Nc3ccn(C)n3)c2)cccc1C(=O)NCc1ccc(C(F)(F)F)nc1. The number of halogens is 3. The Morgan fingerprint density at radius 2 is 1.91 bits per heavy atom. The molecule has 2 N–H and O–H groups in total. The molecule has 4 aromatic rings. The Hall–Kier alpha value is -4.41. The summed E-state index contributed by atoms with van der Waals surface area (Å²) < 4.78 is 45.6. The molecule has 1 aromatic carbocycles. The number of hydrogen-bond donors (Lipinski definition) is 2. The molecule has 1 amide bonds. The average Bonchev–Trinajstić information content (AvgIpc) is 3.23. The minimum Gasteiger partial charge on any atom is -0.457 e. The molecule has 8 nitrogen and oxygen atoms in total. The lowest BCUT2D eigenvalue weighted by Crippen LogP contribution is -2.24. The van der Waals surface area contributed by atoms with Gasteiger partial charge in [-0.1, -0.05) is 12.1 Å². The van der Waals surface area contributed by atoms with Crippen LogP contribution < -0.4 is 15.4 Å². The lowest BCUT2D eigenvalue weighted by Gasteiger charge is -2.13. The Morgan fingerprint density at radius 1 is 1.09 bits per heavy atom. The highest BCUT2D eigenvalue weighted by Crippen LogP contribution is 2.29. The summed E-state index contributed by atoms with van der Waals surface area (Å²) in [5.74, 6) is 1.77. The fourth-order valence-electron chi connectivity index (χ4n) is 3.23. The van der Waals surface area contributed by atoms with Gasteiger partial charge in [-0.05, 0) is 36.8 Å². The molecule has 0 saturated carbocycles. The lowest BCUT2D eigenvalue weighted by atomic mass is 10.1. The zero-order valence-electron chi connectivity index (χ0n) is 18.8. The van der Waals surface area contributed by atoms with Gasteiger partial charge in [0.2, 0.25) is 0 Å². The van der Waals surface area contributed by atoms with Crippen molar-refractivity contribution in [2.75, 3.05) is 5.32 Å². The molecular formula is C24H21F3N6O2. The highest BCUT2D eigenvalue weighted by Gasteiger charge is 2.32. The molecule has 0 radical (unpaired) electrons. The molecule has 35 heavy (non-hydrogen) atoms. The van der Waals surface area contributed by atoms with Gasteiger partial charge in [-0.25, -0.2) is 4.98 Å². The van der Waals surface area contributed by atoms with E-state index in [-0.39, 0.29) is 12.5 Å².